The molecule has 1 heterocycles. The fourth-order valence-electron chi connectivity index (χ4n) is 1.66. The van der Waals surface area contributed by atoms with Gasteiger partial charge in [-0.15, -0.1) is 0 Å². The molecule has 2 N–H and O–H groups in total. The predicted molar refractivity (Wildman–Crippen MR) is 48.2 cm³/mol. The summed E-state index contributed by atoms with van der Waals surface area (Å²) < 4.78 is 13.1. The van der Waals surface area contributed by atoms with Crippen molar-refractivity contribution in [2.45, 2.75) is 19.4 Å². The van der Waals surface area contributed by atoms with Crippen molar-refractivity contribution in [3.63, 3.8) is 0 Å². The smallest absolute Gasteiger partial charge is 0.126 e. The number of hydrogen-bond acceptors (Lipinski definition) is 2. The van der Waals surface area contributed by atoms with E-state index in [1.807, 2.05) is 0 Å². The van der Waals surface area contributed by atoms with Crippen LogP contribution in [0.3, 0.4) is 0 Å². The lowest BCUT2D eigenvalue weighted by molar-refractivity contribution is 0.360. The summed E-state index contributed by atoms with van der Waals surface area (Å²) >= 11 is 0. The predicted octanol–water partition coefficient (Wildman–Crippen LogP) is 1.87. The molecule has 0 aliphatic carbocycles. The van der Waals surface area contributed by atoms with Crippen LogP contribution in [0.25, 0.3) is 0 Å². The molecule has 2 nitrogen and oxygen atoms in total. The van der Waals surface area contributed by atoms with Gasteiger partial charge in [0.05, 0.1) is 0 Å². The number of rotatable bonds is 1. The minimum Gasteiger partial charge on any atom is -0.508 e. The molecule has 0 aromatic heterocycles. The molecule has 3 heteroatoms. The summed E-state index contributed by atoms with van der Waals surface area (Å²) in [5, 5.41) is 12.7. The van der Waals surface area contributed by atoms with E-state index in [4.69, 9.17) is 0 Å². The van der Waals surface area contributed by atoms with Crippen molar-refractivity contribution < 1.29 is 9.50 Å². The fraction of sp³-hybridized carbons (Fsp3) is 0.400. The van der Waals surface area contributed by atoms with Crippen LogP contribution in [0.2, 0.25) is 0 Å². The quantitative estimate of drug-likeness (QED) is 0.693. The Morgan fingerprint density at radius 3 is 2.77 bits per heavy atom. The van der Waals surface area contributed by atoms with Gasteiger partial charge in [-0.1, -0.05) is 0 Å². The van der Waals surface area contributed by atoms with Gasteiger partial charge < -0.3 is 10.4 Å². The summed E-state index contributed by atoms with van der Waals surface area (Å²) in [4.78, 5) is 0. The summed E-state index contributed by atoms with van der Waals surface area (Å²) in [7, 11) is 0. The van der Waals surface area contributed by atoms with Crippen LogP contribution in [-0.4, -0.2) is 11.7 Å². The third kappa shape index (κ3) is 1.29. The molecule has 1 aromatic rings. The number of hydrogen-bond donors (Lipinski definition) is 2. The second-order valence-corrected chi connectivity index (χ2v) is 3.40. The Balaban J connectivity index is 2.46. The van der Waals surface area contributed by atoms with Crippen LogP contribution < -0.4 is 5.32 Å². The zero-order valence-electron chi connectivity index (χ0n) is 7.47. The van der Waals surface area contributed by atoms with Crippen molar-refractivity contribution in [3.05, 3.63) is 29.1 Å². The van der Waals surface area contributed by atoms with Crippen LogP contribution in [0.4, 0.5) is 4.39 Å². The zero-order valence-corrected chi connectivity index (χ0v) is 7.47. The lowest BCUT2D eigenvalue weighted by Crippen LogP contribution is -2.35. The number of halogens is 1. The van der Waals surface area contributed by atoms with E-state index < -0.39 is 0 Å². The monoisotopic (exact) mass is 181 g/mol. The molecule has 0 spiro atoms. The lowest BCUT2D eigenvalue weighted by Gasteiger charge is -2.29. The molecule has 1 aliphatic rings. The first-order valence-electron chi connectivity index (χ1n) is 4.41. The molecule has 1 saturated heterocycles. The van der Waals surface area contributed by atoms with Gasteiger partial charge in [0.2, 0.25) is 0 Å². The highest BCUT2D eigenvalue weighted by atomic mass is 19.1. The molecule has 13 heavy (non-hydrogen) atoms. The van der Waals surface area contributed by atoms with Crippen molar-refractivity contribution >= 4 is 0 Å². The maximum absolute atomic E-state index is 13.1. The van der Waals surface area contributed by atoms with Crippen LogP contribution in [-0.2, 0) is 0 Å². The Hall–Kier alpha value is -1.09. The summed E-state index contributed by atoms with van der Waals surface area (Å²) in [6, 6.07) is 2.85. The van der Waals surface area contributed by atoms with E-state index in [-0.39, 0.29) is 17.6 Å². The highest BCUT2D eigenvalue weighted by Gasteiger charge is 2.24. The van der Waals surface area contributed by atoms with E-state index in [1.165, 1.54) is 12.1 Å². The van der Waals surface area contributed by atoms with Gasteiger partial charge in [0, 0.05) is 11.6 Å². The highest BCUT2D eigenvalue weighted by Crippen LogP contribution is 2.33. The molecule has 1 atom stereocenters. The molecule has 1 fully saturated rings. The van der Waals surface area contributed by atoms with E-state index in [1.54, 1.807) is 6.92 Å². The standard InChI is InChI=1S/C10H12FNO/c1-6-7(11)2-3-9(13)10(6)8-4-5-12-8/h2-3,8,12-13H,4-5H2,1H3. The van der Waals surface area contributed by atoms with Crippen LogP contribution >= 0.6 is 0 Å². The number of benzene rings is 1. The third-order valence-corrected chi connectivity index (χ3v) is 2.60. The molecule has 2 rings (SSSR count). The molecular formula is C10H12FNO. The molecular weight excluding hydrogens is 169 g/mol. The Kier molecular flexibility index (Phi) is 1.96. The summed E-state index contributed by atoms with van der Waals surface area (Å²) in [5.74, 6) is -0.0578. The van der Waals surface area contributed by atoms with E-state index in [9.17, 15) is 9.50 Å². The molecule has 1 aromatic carbocycles. The average molecular weight is 181 g/mol. The van der Waals surface area contributed by atoms with Gasteiger partial charge in [-0.2, -0.15) is 0 Å². The van der Waals surface area contributed by atoms with Crippen molar-refractivity contribution in [1.29, 1.82) is 0 Å². The van der Waals surface area contributed by atoms with E-state index in [2.05, 4.69) is 5.32 Å². The maximum Gasteiger partial charge on any atom is 0.126 e. The maximum atomic E-state index is 13.1. The van der Waals surface area contributed by atoms with Crippen LogP contribution in [0, 0.1) is 12.7 Å². The van der Waals surface area contributed by atoms with Crippen molar-refractivity contribution in [1.82, 2.24) is 5.32 Å². The Bertz CT molecular complexity index is 334. The number of aromatic hydroxyl groups is 1. The minimum atomic E-state index is -0.249. The van der Waals surface area contributed by atoms with Gasteiger partial charge in [-0.05, 0) is 37.6 Å². The van der Waals surface area contributed by atoms with Crippen molar-refractivity contribution in [2.24, 2.45) is 0 Å². The Labute approximate surface area is 76.4 Å². The second-order valence-electron chi connectivity index (χ2n) is 3.40. The van der Waals surface area contributed by atoms with Crippen LogP contribution in [0.1, 0.15) is 23.6 Å². The highest BCUT2D eigenvalue weighted by molar-refractivity contribution is 5.42. The molecule has 0 radical (unpaired) electrons. The van der Waals surface area contributed by atoms with Gasteiger partial charge in [0.15, 0.2) is 0 Å². The Morgan fingerprint density at radius 2 is 2.23 bits per heavy atom. The van der Waals surface area contributed by atoms with Gasteiger partial charge in [-0.3, -0.25) is 0 Å². The average Bonchev–Trinajstić information content (AvgIpc) is 2.02. The van der Waals surface area contributed by atoms with Gasteiger partial charge in [-0.25, -0.2) is 4.39 Å². The summed E-state index contributed by atoms with van der Waals surface area (Å²) in [5.41, 5.74) is 1.27. The first-order valence-corrected chi connectivity index (χ1v) is 4.41. The summed E-state index contributed by atoms with van der Waals surface area (Å²) in [6.07, 6.45) is 0.970. The molecule has 0 amide bonds. The normalized spacial score (nSPS) is 21.2. The first kappa shape index (κ1) is 8.51. The van der Waals surface area contributed by atoms with E-state index >= 15 is 0 Å². The minimum absolute atomic E-state index is 0.135. The molecule has 0 bridgehead atoms. The largest absolute Gasteiger partial charge is 0.508 e. The number of phenols is 1. The lowest BCUT2D eigenvalue weighted by atomic mass is 9.93. The van der Waals surface area contributed by atoms with Gasteiger partial charge in [0.1, 0.15) is 11.6 Å². The van der Waals surface area contributed by atoms with Crippen LogP contribution in [0.15, 0.2) is 12.1 Å². The van der Waals surface area contributed by atoms with Crippen molar-refractivity contribution in [2.75, 3.05) is 6.54 Å². The molecule has 1 aliphatic heterocycles. The molecule has 70 valence electrons. The van der Waals surface area contributed by atoms with Crippen LogP contribution in [0.5, 0.6) is 5.75 Å². The Morgan fingerprint density at radius 1 is 1.54 bits per heavy atom. The van der Waals surface area contributed by atoms with E-state index in [0.29, 0.717) is 11.1 Å². The van der Waals surface area contributed by atoms with Gasteiger partial charge in [0.25, 0.3) is 0 Å². The molecule has 1 unspecified atom stereocenters. The zero-order chi connectivity index (χ0) is 9.42. The number of phenolic OH excluding ortho intramolecular Hbond substituents is 1. The van der Waals surface area contributed by atoms with Crippen molar-refractivity contribution in [3.8, 4) is 5.75 Å². The fourth-order valence-corrected chi connectivity index (χ4v) is 1.66. The summed E-state index contributed by atoms with van der Waals surface area (Å²) in [6.45, 7) is 2.64. The topological polar surface area (TPSA) is 32.3 Å². The first-order chi connectivity index (χ1) is 6.20. The molecule has 0 saturated carbocycles. The number of nitrogens with one attached hydrogen (secondary N) is 1. The third-order valence-electron chi connectivity index (χ3n) is 2.60. The second kappa shape index (κ2) is 3.00. The van der Waals surface area contributed by atoms with Gasteiger partial charge >= 0.3 is 0 Å². The SMILES string of the molecule is Cc1c(F)ccc(O)c1C1CCN1. The van der Waals surface area contributed by atoms with E-state index in [0.717, 1.165) is 13.0 Å².